The number of ketones is 1. The fraction of sp³-hybridized carbons (Fsp3) is 0.263. The van der Waals surface area contributed by atoms with Crippen LogP contribution in [0.1, 0.15) is 25.8 Å². The van der Waals surface area contributed by atoms with Gasteiger partial charge in [-0.25, -0.2) is 0 Å². The number of benzene rings is 1. The molecule has 1 aliphatic rings. The van der Waals surface area contributed by atoms with E-state index in [1.807, 2.05) is 30.3 Å². The van der Waals surface area contributed by atoms with Gasteiger partial charge in [-0.1, -0.05) is 18.2 Å². The van der Waals surface area contributed by atoms with Crippen LogP contribution in [0, 0.1) is 0 Å². The van der Waals surface area contributed by atoms with Crippen molar-refractivity contribution in [3.8, 4) is 0 Å². The Morgan fingerprint density at radius 1 is 1.21 bits per heavy atom. The van der Waals surface area contributed by atoms with E-state index in [9.17, 15) is 9.59 Å². The fourth-order valence-corrected chi connectivity index (χ4v) is 2.67. The lowest BCUT2D eigenvalue weighted by Crippen LogP contribution is -2.39. The monoisotopic (exact) mass is 325 g/mol. The van der Waals surface area contributed by atoms with Crippen LogP contribution in [-0.4, -0.2) is 17.3 Å². The van der Waals surface area contributed by atoms with Gasteiger partial charge in [0.15, 0.2) is 11.5 Å². The van der Waals surface area contributed by atoms with Gasteiger partial charge in [0.1, 0.15) is 5.60 Å². The highest BCUT2D eigenvalue weighted by molar-refractivity contribution is 6.08. The number of hydrogen-bond donors (Lipinski definition) is 0. The number of ether oxygens (including phenoxy) is 1. The number of carbonyl (C=O) groups is 2. The van der Waals surface area contributed by atoms with Crippen LogP contribution in [0.2, 0.25) is 0 Å². The summed E-state index contributed by atoms with van der Waals surface area (Å²) in [5.74, 6) is -0.377. The molecule has 1 amide bonds. The normalized spacial score (nSPS) is 16.2. The van der Waals surface area contributed by atoms with E-state index in [-0.39, 0.29) is 23.9 Å². The first-order chi connectivity index (χ1) is 11.4. The van der Waals surface area contributed by atoms with E-state index in [1.165, 1.54) is 6.08 Å². The second-order valence-electron chi connectivity index (χ2n) is 6.37. The van der Waals surface area contributed by atoms with E-state index in [4.69, 9.17) is 9.15 Å². The smallest absolute Gasteiger partial charge is 0.293 e. The molecule has 0 fully saturated rings. The molecule has 0 saturated carbocycles. The highest BCUT2D eigenvalue weighted by Gasteiger charge is 2.34. The van der Waals surface area contributed by atoms with Crippen molar-refractivity contribution in [2.45, 2.75) is 32.4 Å². The summed E-state index contributed by atoms with van der Waals surface area (Å²) in [5, 5.41) is 0. The Kier molecular flexibility index (Phi) is 4.25. The summed E-state index contributed by atoms with van der Waals surface area (Å²) in [5.41, 5.74) is 0.896. The SMILES string of the molecule is CC1(C)CC(=O)C=C(C(=O)N(Cc2ccoc2)c2ccccc2)O1. The van der Waals surface area contributed by atoms with Crippen molar-refractivity contribution < 1.29 is 18.7 Å². The van der Waals surface area contributed by atoms with Crippen molar-refractivity contribution in [3.05, 3.63) is 66.3 Å². The molecule has 0 unspecified atom stereocenters. The average Bonchev–Trinajstić information content (AvgIpc) is 3.04. The van der Waals surface area contributed by atoms with Crippen molar-refractivity contribution >= 4 is 17.4 Å². The predicted octanol–water partition coefficient (Wildman–Crippen LogP) is 3.46. The van der Waals surface area contributed by atoms with E-state index in [0.29, 0.717) is 6.54 Å². The van der Waals surface area contributed by atoms with Gasteiger partial charge in [-0.15, -0.1) is 0 Å². The maximum atomic E-state index is 13.0. The molecule has 0 saturated heterocycles. The van der Waals surface area contributed by atoms with Crippen LogP contribution in [0.3, 0.4) is 0 Å². The third-order valence-corrected chi connectivity index (χ3v) is 3.72. The largest absolute Gasteiger partial charge is 0.481 e. The van der Waals surface area contributed by atoms with Gasteiger partial charge in [0.05, 0.1) is 19.1 Å². The Morgan fingerprint density at radius 2 is 1.96 bits per heavy atom. The van der Waals surface area contributed by atoms with Gasteiger partial charge in [-0.2, -0.15) is 0 Å². The zero-order valence-electron chi connectivity index (χ0n) is 13.7. The number of anilines is 1. The maximum absolute atomic E-state index is 13.0. The van der Waals surface area contributed by atoms with Crippen molar-refractivity contribution in [1.29, 1.82) is 0 Å². The van der Waals surface area contributed by atoms with E-state index in [2.05, 4.69) is 0 Å². The second-order valence-corrected chi connectivity index (χ2v) is 6.37. The third-order valence-electron chi connectivity index (χ3n) is 3.72. The van der Waals surface area contributed by atoms with Crippen LogP contribution in [0.25, 0.3) is 0 Å². The van der Waals surface area contributed by atoms with Crippen molar-refractivity contribution in [3.63, 3.8) is 0 Å². The molecule has 1 aliphatic heterocycles. The van der Waals surface area contributed by atoms with Gasteiger partial charge in [0.25, 0.3) is 5.91 Å². The highest BCUT2D eigenvalue weighted by atomic mass is 16.5. The van der Waals surface area contributed by atoms with E-state index in [0.717, 1.165) is 11.3 Å². The number of rotatable bonds is 4. The van der Waals surface area contributed by atoms with Crippen LogP contribution >= 0.6 is 0 Å². The summed E-state index contributed by atoms with van der Waals surface area (Å²) in [6, 6.07) is 11.1. The van der Waals surface area contributed by atoms with Crippen LogP contribution in [0.4, 0.5) is 5.69 Å². The second kappa shape index (κ2) is 6.35. The summed E-state index contributed by atoms with van der Waals surface area (Å²) in [4.78, 5) is 26.5. The zero-order valence-corrected chi connectivity index (χ0v) is 13.7. The molecule has 124 valence electrons. The summed E-state index contributed by atoms with van der Waals surface area (Å²) < 4.78 is 10.8. The Bertz CT molecular complexity index is 760. The molecule has 5 nitrogen and oxygen atoms in total. The number of furan rings is 1. The molecule has 1 aromatic carbocycles. The first-order valence-electron chi connectivity index (χ1n) is 7.76. The van der Waals surface area contributed by atoms with E-state index >= 15 is 0 Å². The van der Waals surface area contributed by atoms with Gasteiger partial charge in [-0.05, 0) is 32.0 Å². The molecule has 0 radical (unpaired) electrons. The minimum atomic E-state index is -0.686. The quantitative estimate of drug-likeness (QED) is 0.863. The maximum Gasteiger partial charge on any atom is 0.293 e. The molecule has 0 atom stereocenters. The highest BCUT2D eigenvalue weighted by Crippen LogP contribution is 2.28. The summed E-state index contributed by atoms with van der Waals surface area (Å²) in [6.07, 6.45) is 4.70. The van der Waals surface area contributed by atoms with Crippen LogP contribution in [0.5, 0.6) is 0 Å². The minimum Gasteiger partial charge on any atom is -0.481 e. The molecule has 0 aliphatic carbocycles. The molecule has 1 aromatic heterocycles. The average molecular weight is 325 g/mol. The molecule has 2 aromatic rings. The van der Waals surface area contributed by atoms with Gasteiger partial charge >= 0.3 is 0 Å². The fourth-order valence-electron chi connectivity index (χ4n) is 2.67. The zero-order chi connectivity index (χ0) is 17.2. The molecular weight excluding hydrogens is 306 g/mol. The van der Waals surface area contributed by atoms with Gasteiger partial charge in [-0.3, -0.25) is 9.59 Å². The summed E-state index contributed by atoms with van der Waals surface area (Å²) in [6.45, 7) is 3.93. The third kappa shape index (κ3) is 3.56. The number of allylic oxidation sites excluding steroid dienone is 1. The first kappa shape index (κ1) is 16.1. The molecule has 24 heavy (non-hydrogen) atoms. The van der Waals surface area contributed by atoms with Gasteiger partial charge in [0.2, 0.25) is 0 Å². The predicted molar refractivity (Wildman–Crippen MR) is 89.2 cm³/mol. The lowest BCUT2D eigenvalue weighted by atomic mass is 9.98. The Labute approximate surface area is 140 Å². The molecule has 2 heterocycles. The number of carbonyl (C=O) groups excluding carboxylic acids is 2. The standard InChI is InChI=1S/C19H19NO4/c1-19(2)11-16(21)10-17(24-19)18(22)20(12-14-8-9-23-13-14)15-6-4-3-5-7-15/h3-10,13H,11-12H2,1-2H3. The van der Waals surface area contributed by atoms with Crippen molar-refractivity contribution in [1.82, 2.24) is 0 Å². The lowest BCUT2D eigenvalue weighted by Gasteiger charge is -2.32. The lowest BCUT2D eigenvalue weighted by molar-refractivity contribution is -0.129. The molecule has 3 rings (SSSR count). The van der Waals surface area contributed by atoms with E-state index < -0.39 is 5.60 Å². The molecule has 0 bridgehead atoms. The molecule has 5 heteroatoms. The van der Waals surface area contributed by atoms with E-state index in [1.54, 1.807) is 37.3 Å². The van der Waals surface area contributed by atoms with Crippen LogP contribution in [0.15, 0.2) is 65.2 Å². The van der Waals surface area contributed by atoms with Gasteiger partial charge < -0.3 is 14.1 Å². The minimum absolute atomic E-state index is 0.0728. The summed E-state index contributed by atoms with van der Waals surface area (Å²) >= 11 is 0. The van der Waals surface area contributed by atoms with Crippen LogP contribution in [-0.2, 0) is 20.9 Å². The number of nitrogens with zero attached hydrogens (tertiary/aromatic N) is 1. The number of para-hydroxylation sites is 1. The summed E-state index contributed by atoms with van der Waals surface area (Å²) in [7, 11) is 0. The topological polar surface area (TPSA) is 59.8 Å². The van der Waals surface area contributed by atoms with Gasteiger partial charge in [0, 0.05) is 23.7 Å². The Hall–Kier alpha value is -2.82. The van der Waals surface area contributed by atoms with Crippen molar-refractivity contribution in [2.24, 2.45) is 0 Å². The van der Waals surface area contributed by atoms with Crippen LogP contribution < -0.4 is 4.90 Å². The number of amides is 1. The van der Waals surface area contributed by atoms with Crippen molar-refractivity contribution in [2.75, 3.05) is 4.90 Å². The molecule has 0 N–H and O–H groups in total. The Balaban J connectivity index is 1.93. The molecule has 0 spiro atoms. The molecular formula is C19H19NO4. The Morgan fingerprint density at radius 3 is 2.58 bits per heavy atom. The number of hydrogen-bond acceptors (Lipinski definition) is 4. The first-order valence-corrected chi connectivity index (χ1v) is 7.76.